The van der Waals surface area contributed by atoms with Gasteiger partial charge in [0, 0.05) is 48.0 Å². The fourth-order valence-electron chi connectivity index (χ4n) is 3.44. The minimum atomic E-state index is -0.702. The maximum atomic E-state index is 12.1. The van der Waals surface area contributed by atoms with Gasteiger partial charge in [0.05, 0.1) is 10.2 Å². The first kappa shape index (κ1) is 20.1. The van der Waals surface area contributed by atoms with Gasteiger partial charge < -0.3 is 16.0 Å². The molecule has 27 heavy (non-hydrogen) atoms. The Hall–Kier alpha value is -1.67. The van der Waals surface area contributed by atoms with E-state index in [-0.39, 0.29) is 0 Å². The number of hydrogen-bond acceptors (Lipinski definition) is 5. The van der Waals surface area contributed by atoms with Crippen LogP contribution in [0, 0.1) is 0 Å². The van der Waals surface area contributed by atoms with Crippen LogP contribution >= 0.6 is 11.3 Å². The molecule has 0 amide bonds. The van der Waals surface area contributed by atoms with Crippen LogP contribution in [0.4, 0.5) is 5.13 Å². The van der Waals surface area contributed by atoms with Gasteiger partial charge in [0.2, 0.25) is 0 Å². The molecule has 3 unspecified atom stereocenters. The first-order valence-electron chi connectivity index (χ1n) is 9.63. The molecule has 1 fully saturated rings. The molecule has 2 aromatic rings. The molecule has 6 nitrogen and oxygen atoms in total. The summed E-state index contributed by atoms with van der Waals surface area (Å²) in [5, 5.41) is 11.5. The summed E-state index contributed by atoms with van der Waals surface area (Å²) in [7, 11) is 1.09. The monoisotopic (exact) mass is 407 g/mol. The lowest BCUT2D eigenvalue weighted by molar-refractivity contribution is 0.413. The molecule has 1 heterocycles. The number of fused-ring (bicyclic) bond motifs is 1. The van der Waals surface area contributed by atoms with E-state index in [2.05, 4.69) is 32.0 Å². The van der Waals surface area contributed by atoms with E-state index in [4.69, 9.17) is 0 Å². The van der Waals surface area contributed by atoms with Gasteiger partial charge in [0.1, 0.15) is 0 Å². The SMILES string of the molecule is CCS(=O)C1CCCC(NC(=NC)NCCNc2nc3ccccc3s2)C1. The van der Waals surface area contributed by atoms with Crippen LogP contribution in [0.15, 0.2) is 29.3 Å². The number of hydrogen-bond donors (Lipinski definition) is 3. The topological polar surface area (TPSA) is 78.4 Å². The highest BCUT2D eigenvalue weighted by Gasteiger charge is 2.25. The Balaban J connectivity index is 1.41. The fraction of sp³-hybridized carbons (Fsp3) is 0.579. The van der Waals surface area contributed by atoms with Gasteiger partial charge in [0.15, 0.2) is 11.1 Å². The molecule has 1 aromatic heterocycles. The van der Waals surface area contributed by atoms with Crippen LogP contribution < -0.4 is 16.0 Å². The van der Waals surface area contributed by atoms with Crippen molar-refractivity contribution >= 4 is 43.4 Å². The highest BCUT2D eigenvalue weighted by molar-refractivity contribution is 7.85. The van der Waals surface area contributed by atoms with E-state index < -0.39 is 10.8 Å². The Labute approximate surface area is 167 Å². The van der Waals surface area contributed by atoms with E-state index in [1.165, 1.54) is 4.70 Å². The number of aliphatic imine (C=N–C) groups is 1. The number of aromatic nitrogens is 1. The first-order valence-corrected chi connectivity index (χ1v) is 11.8. The zero-order valence-electron chi connectivity index (χ0n) is 16.0. The second kappa shape index (κ2) is 10.0. The average Bonchev–Trinajstić information content (AvgIpc) is 3.12. The molecule has 3 N–H and O–H groups in total. The number of thiazole rings is 1. The van der Waals surface area contributed by atoms with Crippen molar-refractivity contribution in [2.45, 2.75) is 43.9 Å². The van der Waals surface area contributed by atoms with E-state index >= 15 is 0 Å². The van der Waals surface area contributed by atoms with Gasteiger partial charge in [-0.3, -0.25) is 9.20 Å². The lowest BCUT2D eigenvalue weighted by Crippen LogP contribution is -2.47. The molecule has 1 aliphatic carbocycles. The Morgan fingerprint density at radius 2 is 2.19 bits per heavy atom. The third-order valence-electron chi connectivity index (χ3n) is 4.83. The van der Waals surface area contributed by atoms with Crippen molar-refractivity contribution in [3.8, 4) is 0 Å². The molecule has 0 saturated heterocycles. The number of para-hydroxylation sites is 1. The second-order valence-corrected chi connectivity index (χ2v) is 9.75. The van der Waals surface area contributed by atoms with E-state index in [0.717, 1.165) is 61.1 Å². The highest BCUT2D eigenvalue weighted by Crippen LogP contribution is 2.25. The number of nitrogens with one attached hydrogen (secondary N) is 3. The molecule has 1 aromatic carbocycles. The van der Waals surface area contributed by atoms with Crippen LogP contribution in [0.5, 0.6) is 0 Å². The Bertz CT molecular complexity index is 758. The molecule has 0 aliphatic heterocycles. The van der Waals surface area contributed by atoms with E-state index in [9.17, 15) is 4.21 Å². The molecule has 0 spiro atoms. The Morgan fingerprint density at radius 1 is 1.33 bits per heavy atom. The molecule has 1 saturated carbocycles. The summed E-state index contributed by atoms with van der Waals surface area (Å²) in [6.45, 7) is 3.53. The van der Waals surface area contributed by atoms with Crippen LogP contribution in [-0.4, -0.2) is 52.3 Å². The van der Waals surface area contributed by atoms with Crippen molar-refractivity contribution in [1.82, 2.24) is 15.6 Å². The first-order chi connectivity index (χ1) is 13.2. The molecule has 8 heteroatoms. The highest BCUT2D eigenvalue weighted by atomic mass is 32.2. The van der Waals surface area contributed by atoms with Gasteiger partial charge in [-0.25, -0.2) is 4.98 Å². The minimum Gasteiger partial charge on any atom is -0.360 e. The second-order valence-electron chi connectivity index (χ2n) is 6.71. The summed E-state index contributed by atoms with van der Waals surface area (Å²) < 4.78 is 13.3. The Morgan fingerprint density at radius 3 is 2.96 bits per heavy atom. The van der Waals surface area contributed by atoms with E-state index in [0.29, 0.717) is 11.3 Å². The summed E-state index contributed by atoms with van der Waals surface area (Å²) in [5.74, 6) is 1.57. The largest absolute Gasteiger partial charge is 0.360 e. The molecule has 0 radical (unpaired) electrons. The molecular weight excluding hydrogens is 378 g/mol. The standard InChI is InChI=1S/C19H29N5OS2/c1-3-27(25)15-8-6-7-14(13-15)23-18(20-2)21-11-12-22-19-24-16-9-4-5-10-17(16)26-19/h4-5,9-10,14-15H,3,6-8,11-13H2,1-2H3,(H,22,24)(H2,20,21,23). The van der Waals surface area contributed by atoms with Crippen molar-refractivity contribution in [2.24, 2.45) is 4.99 Å². The van der Waals surface area contributed by atoms with E-state index in [1.54, 1.807) is 18.4 Å². The molecule has 1 aliphatic rings. The van der Waals surface area contributed by atoms with Crippen LogP contribution in [0.25, 0.3) is 10.2 Å². The normalized spacial score (nSPS) is 21.8. The van der Waals surface area contributed by atoms with Crippen LogP contribution in [0.1, 0.15) is 32.6 Å². The zero-order chi connectivity index (χ0) is 19.1. The van der Waals surface area contributed by atoms with Gasteiger partial charge in [0.25, 0.3) is 0 Å². The van der Waals surface area contributed by atoms with Crippen molar-refractivity contribution in [1.29, 1.82) is 0 Å². The number of rotatable bonds is 7. The molecule has 3 rings (SSSR count). The van der Waals surface area contributed by atoms with Crippen molar-refractivity contribution in [3.05, 3.63) is 24.3 Å². The van der Waals surface area contributed by atoms with Crippen LogP contribution in [-0.2, 0) is 10.8 Å². The van der Waals surface area contributed by atoms with Gasteiger partial charge >= 0.3 is 0 Å². The number of benzene rings is 1. The van der Waals surface area contributed by atoms with E-state index in [1.807, 2.05) is 25.1 Å². The van der Waals surface area contributed by atoms with Gasteiger partial charge in [-0.1, -0.05) is 36.8 Å². The van der Waals surface area contributed by atoms with Crippen LogP contribution in [0.2, 0.25) is 0 Å². The number of guanidine groups is 1. The lowest BCUT2D eigenvalue weighted by Gasteiger charge is -2.30. The quantitative estimate of drug-likeness (QED) is 0.374. The molecule has 0 bridgehead atoms. The minimum absolute atomic E-state index is 0.319. The predicted molar refractivity (Wildman–Crippen MR) is 117 cm³/mol. The summed E-state index contributed by atoms with van der Waals surface area (Å²) in [5.41, 5.74) is 1.03. The number of nitrogens with zero attached hydrogens (tertiary/aromatic N) is 2. The molecular formula is C19H29N5OS2. The third kappa shape index (κ3) is 5.65. The van der Waals surface area contributed by atoms with Gasteiger partial charge in [-0.2, -0.15) is 0 Å². The average molecular weight is 408 g/mol. The summed E-state index contributed by atoms with van der Waals surface area (Å²) in [4.78, 5) is 8.91. The van der Waals surface area contributed by atoms with Crippen molar-refractivity contribution < 1.29 is 4.21 Å². The maximum absolute atomic E-state index is 12.1. The van der Waals surface area contributed by atoms with Gasteiger partial charge in [-0.05, 0) is 31.4 Å². The summed E-state index contributed by atoms with van der Waals surface area (Å²) in [6, 6.07) is 8.51. The molecule has 3 atom stereocenters. The third-order valence-corrected chi connectivity index (χ3v) is 7.57. The number of anilines is 1. The van der Waals surface area contributed by atoms with Gasteiger partial charge in [-0.15, -0.1) is 0 Å². The Kier molecular flexibility index (Phi) is 7.46. The summed E-state index contributed by atoms with van der Waals surface area (Å²) in [6.07, 6.45) is 4.29. The maximum Gasteiger partial charge on any atom is 0.191 e. The van der Waals surface area contributed by atoms with Crippen molar-refractivity contribution in [3.63, 3.8) is 0 Å². The fourth-order valence-corrected chi connectivity index (χ4v) is 5.68. The molecule has 148 valence electrons. The predicted octanol–water partition coefficient (Wildman–Crippen LogP) is 2.95. The lowest BCUT2D eigenvalue weighted by atomic mass is 9.95. The smallest absolute Gasteiger partial charge is 0.191 e. The van der Waals surface area contributed by atoms with Crippen molar-refractivity contribution in [2.75, 3.05) is 31.2 Å². The summed E-state index contributed by atoms with van der Waals surface area (Å²) >= 11 is 1.67. The zero-order valence-corrected chi connectivity index (χ0v) is 17.7. The van der Waals surface area contributed by atoms with Crippen LogP contribution in [0.3, 0.4) is 0 Å².